The maximum absolute atomic E-state index is 5.96. The van der Waals surface area contributed by atoms with Crippen molar-refractivity contribution in [3.05, 3.63) is 35.2 Å². The lowest BCUT2D eigenvalue weighted by Crippen LogP contribution is -1.91. The van der Waals surface area contributed by atoms with Crippen molar-refractivity contribution in [1.29, 1.82) is 0 Å². The number of aromatic nitrogens is 2. The van der Waals surface area contributed by atoms with Gasteiger partial charge in [0.1, 0.15) is 5.58 Å². The molecular formula is C14H13ClN2O2S2. The summed E-state index contributed by atoms with van der Waals surface area (Å²) in [5, 5.41) is 9.61. The zero-order valence-electron chi connectivity index (χ0n) is 11.0. The minimum atomic E-state index is 0.0764. The fourth-order valence-electron chi connectivity index (χ4n) is 2.01. The molecule has 4 nitrogen and oxygen atoms in total. The van der Waals surface area contributed by atoms with Gasteiger partial charge in [0, 0.05) is 21.4 Å². The van der Waals surface area contributed by atoms with E-state index in [0.29, 0.717) is 29.0 Å². The molecule has 0 aliphatic heterocycles. The van der Waals surface area contributed by atoms with Gasteiger partial charge in [-0.05, 0) is 37.1 Å². The van der Waals surface area contributed by atoms with Crippen LogP contribution in [0.15, 0.2) is 33.1 Å². The van der Waals surface area contributed by atoms with Crippen LogP contribution in [-0.2, 0) is 6.42 Å². The van der Waals surface area contributed by atoms with Crippen molar-refractivity contribution >= 4 is 47.8 Å². The Kier molecular flexibility index (Phi) is 4.47. The van der Waals surface area contributed by atoms with Crippen LogP contribution in [0.1, 0.15) is 18.7 Å². The highest BCUT2D eigenvalue weighted by Crippen LogP contribution is 2.29. The Hall–Kier alpha value is -1.11. The Morgan fingerprint density at radius 2 is 2.00 bits per heavy atom. The third-order valence-corrected chi connectivity index (χ3v) is 3.76. The Balaban J connectivity index is 1.78. The molecule has 0 atom stereocenters. The highest BCUT2D eigenvalue weighted by molar-refractivity contribution is 7.99. The average Bonchev–Trinajstić information content (AvgIpc) is 3.03. The summed E-state index contributed by atoms with van der Waals surface area (Å²) >= 11 is 14.4. The van der Waals surface area contributed by atoms with E-state index in [9.17, 15) is 0 Å². The van der Waals surface area contributed by atoms with Crippen LogP contribution in [0.25, 0.3) is 22.6 Å². The first-order valence-corrected chi connectivity index (χ1v) is 7.91. The number of nitrogens with zero attached hydrogens (tertiary/aromatic N) is 2. The Bertz CT molecular complexity index is 754. The molecule has 2 aromatic heterocycles. The van der Waals surface area contributed by atoms with Crippen LogP contribution in [0.4, 0.5) is 0 Å². The van der Waals surface area contributed by atoms with Gasteiger partial charge in [0.25, 0.3) is 5.89 Å². The zero-order valence-corrected chi connectivity index (χ0v) is 13.5. The normalized spacial score (nSPS) is 11.6. The number of hydrogen-bond donors (Lipinski definition) is 2. The minimum Gasteiger partial charge on any atom is -0.451 e. The van der Waals surface area contributed by atoms with Gasteiger partial charge >= 0.3 is 0 Å². The van der Waals surface area contributed by atoms with E-state index in [2.05, 4.69) is 35.5 Å². The van der Waals surface area contributed by atoms with E-state index in [0.717, 1.165) is 23.8 Å². The minimum absolute atomic E-state index is 0.0764. The summed E-state index contributed by atoms with van der Waals surface area (Å²) in [6, 6.07) is 7.27. The molecule has 3 rings (SSSR count). The fourth-order valence-corrected chi connectivity index (χ4v) is 2.56. The van der Waals surface area contributed by atoms with Crippen LogP contribution in [0.3, 0.4) is 0 Å². The van der Waals surface area contributed by atoms with Gasteiger partial charge < -0.3 is 8.83 Å². The molecule has 110 valence electrons. The molecule has 0 fully saturated rings. The number of furan rings is 1. The third kappa shape index (κ3) is 3.56. The molecule has 0 radical (unpaired) electrons. The van der Waals surface area contributed by atoms with E-state index in [1.54, 1.807) is 6.07 Å². The first kappa shape index (κ1) is 14.8. The second kappa shape index (κ2) is 6.34. The number of benzene rings is 1. The molecule has 1 aromatic carbocycles. The van der Waals surface area contributed by atoms with Crippen LogP contribution in [0.5, 0.6) is 0 Å². The lowest BCUT2D eigenvalue weighted by atomic mass is 10.2. The lowest BCUT2D eigenvalue weighted by molar-refractivity contribution is 0.479. The zero-order chi connectivity index (χ0) is 14.8. The largest absolute Gasteiger partial charge is 0.451 e. The molecule has 0 saturated carbocycles. The standard InChI is InChI=1S/C14H13ClN2O2S2/c15-9-4-5-10-8(6-9)7-11(18-10)14-17-16-12(19-14)2-1-3-13(20)21/h4-7,13,20-21H,1-3H2. The molecule has 3 aromatic rings. The molecule has 7 heteroatoms. The third-order valence-electron chi connectivity index (χ3n) is 3.01. The Labute approximate surface area is 137 Å². The maximum atomic E-state index is 5.96. The van der Waals surface area contributed by atoms with Crippen LogP contribution in [0, 0.1) is 0 Å². The summed E-state index contributed by atoms with van der Waals surface area (Å²) in [6.45, 7) is 0. The van der Waals surface area contributed by atoms with E-state index >= 15 is 0 Å². The highest BCUT2D eigenvalue weighted by Gasteiger charge is 2.14. The summed E-state index contributed by atoms with van der Waals surface area (Å²) in [5.41, 5.74) is 0.738. The fraction of sp³-hybridized carbons (Fsp3) is 0.286. The number of fused-ring (bicyclic) bond motifs is 1. The lowest BCUT2D eigenvalue weighted by Gasteiger charge is -1.99. The van der Waals surface area contributed by atoms with Crippen molar-refractivity contribution in [1.82, 2.24) is 10.2 Å². The predicted octanol–water partition coefficient (Wildman–Crippen LogP) is 4.64. The van der Waals surface area contributed by atoms with E-state index in [1.807, 2.05) is 18.2 Å². The molecule has 2 heterocycles. The maximum Gasteiger partial charge on any atom is 0.283 e. The first-order chi connectivity index (χ1) is 10.1. The molecule has 0 N–H and O–H groups in total. The quantitative estimate of drug-likeness (QED) is 0.524. The number of aryl methyl sites for hydroxylation is 1. The number of thiol groups is 2. The summed E-state index contributed by atoms with van der Waals surface area (Å²) in [6.07, 6.45) is 2.48. The molecule has 0 amide bonds. The number of halogens is 1. The monoisotopic (exact) mass is 340 g/mol. The van der Waals surface area contributed by atoms with Crippen LogP contribution < -0.4 is 0 Å². The van der Waals surface area contributed by atoms with Gasteiger partial charge in [-0.15, -0.1) is 10.2 Å². The SMILES string of the molecule is SC(S)CCCc1nnc(-c2cc3cc(Cl)ccc3o2)o1. The van der Waals surface area contributed by atoms with Crippen LogP contribution >= 0.6 is 36.9 Å². The summed E-state index contributed by atoms with van der Waals surface area (Å²) in [4.78, 5) is 0. The van der Waals surface area contributed by atoms with Gasteiger partial charge in [-0.25, -0.2) is 0 Å². The van der Waals surface area contributed by atoms with Gasteiger partial charge in [-0.2, -0.15) is 25.3 Å². The van der Waals surface area contributed by atoms with E-state index < -0.39 is 0 Å². The van der Waals surface area contributed by atoms with Gasteiger partial charge in [0.15, 0.2) is 5.76 Å². The van der Waals surface area contributed by atoms with E-state index in [4.69, 9.17) is 20.4 Å². The van der Waals surface area contributed by atoms with Crippen molar-refractivity contribution < 1.29 is 8.83 Å². The van der Waals surface area contributed by atoms with Crippen molar-refractivity contribution in [3.8, 4) is 11.7 Å². The van der Waals surface area contributed by atoms with Gasteiger partial charge in [-0.3, -0.25) is 0 Å². The van der Waals surface area contributed by atoms with E-state index in [-0.39, 0.29) is 4.58 Å². The number of rotatable bonds is 5. The van der Waals surface area contributed by atoms with E-state index in [1.165, 1.54) is 0 Å². The summed E-state index contributed by atoms with van der Waals surface area (Å²) in [7, 11) is 0. The molecular weight excluding hydrogens is 328 g/mol. The van der Waals surface area contributed by atoms with Crippen LogP contribution in [0.2, 0.25) is 5.02 Å². The van der Waals surface area contributed by atoms with Crippen molar-refractivity contribution in [2.24, 2.45) is 0 Å². The van der Waals surface area contributed by atoms with Crippen LogP contribution in [-0.4, -0.2) is 14.8 Å². The van der Waals surface area contributed by atoms with Gasteiger partial charge in [0.2, 0.25) is 5.89 Å². The molecule has 0 unspecified atom stereocenters. The second-order valence-corrected chi connectivity index (χ2v) is 6.76. The van der Waals surface area contributed by atoms with Gasteiger partial charge in [-0.1, -0.05) is 11.6 Å². The molecule has 0 aliphatic rings. The van der Waals surface area contributed by atoms with Crippen molar-refractivity contribution in [3.63, 3.8) is 0 Å². The molecule has 0 aliphatic carbocycles. The van der Waals surface area contributed by atoms with Crippen molar-refractivity contribution in [2.75, 3.05) is 0 Å². The molecule has 21 heavy (non-hydrogen) atoms. The van der Waals surface area contributed by atoms with Crippen molar-refractivity contribution in [2.45, 2.75) is 23.8 Å². The van der Waals surface area contributed by atoms with Gasteiger partial charge in [0.05, 0.1) is 0 Å². The first-order valence-electron chi connectivity index (χ1n) is 6.50. The number of hydrogen-bond acceptors (Lipinski definition) is 6. The topological polar surface area (TPSA) is 52.1 Å². The average molecular weight is 341 g/mol. The Morgan fingerprint density at radius 3 is 2.81 bits per heavy atom. The Morgan fingerprint density at radius 1 is 1.14 bits per heavy atom. The molecule has 0 bridgehead atoms. The smallest absolute Gasteiger partial charge is 0.283 e. The molecule has 0 spiro atoms. The second-order valence-electron chi connectivity index (χ2n) is 4.67. The summed E-state index contributed by atoms with van der Waals surface area (Å²) < 4.78 is 11.4. The summed E-state index contributed by atoms with van der Waals surface area (Å²) in [5.74, 6) is 1.52. The highest BCUT2D eigenvalue weighted by atomic mass is 35.5. The molecule has 0 saturated heterocycles. The predicted molar refractivity (Wildman–Crippen MR) is 89.2 cm³/mol.